The van der Waals surface area contributed by atoms with E-state index in [-0.39, 0.29) is 19.0 Å². The molecule has 9 heteroatoms. The van der Waals surface area contributed by atoms with Crippen LogP contribution in [0.1, 0.15) is 12.8 Å². The summed E-state index contributed by atoms with van der Waals surface area (Å²) >= 11 is 3.06. The van der Waals surface area contributed by atoms with E-state index >= 15 is 0 Å². The monoisotopic (exact) mass is 329 g/mol. The van der Waals surface area contributed by atoms with Crippen LogP contribution in [0, 0.1) is 0 Å². The first-order chi connectivity index (χ1) is 8.33. The molecule has 0 atom stereocenters. The Labute approximate surface area is 109 Å². The van der Waals surface area contributed by atoms with Gasteiger partial charge in [0.15, 0.2) is 0 Å². The molecular formula is C9H11BrF3N3O2. The van der Waals surface area contributed by atoms with Crippen molar-refractivity contribution >= 4 is 22.0 Å². The van der Waals surface area contributed by atoms with E-state index in [0.717, 1.165) is 4.57 Å². The fourth-order valence-corrected chi connectivity index (χ4v) is 1.55. The van der Waals surface area contributed by atoms with E-state index in [0.29, 0.717) is 4.60 Å². The lowest BCUT2D eigenvalue weighted by Gasteiger charge is -2.08. The molecule has 1 amide bonds. The molecule has 0 bridgehead atoms. The number of carbonyl (C=O) groups is 1. The second kappa shape index (κ2) is 6.07. The fourth-order valence-electron chi connectivity index (χ4n) is 1.19. The Morgan fingerprint density at radius 3 is 2.83 bits per heavy atom. The van der Waals surface area contributed by atoms with Crippen LogP contribution in [0.2, 0.25) is 0 Å². The summed E-state index contributed by atoms with van der Waals surface area (Å²) in [5.74, 6) is 0. The van der Waals surface area contributed by atoms with Crippen molar-refractivity contribution in [1.29, 1.82) is 0 Å². The quantitative estimate of drug-likeness (QED) is 0.864. The molecule has 0 fully saturated rings. The van der Waals surface area contributed by atoms with E-state index in [1.165, 1.54) is 13.3 Å². The highest BCUT2D eigenvalue weighted by atomic mass is 79.9. The maximum absolute atomic E-state index is 11.9. The largest absolute Gasteiger partial charge is 0.468 e. The standard InChI is InChI=1S/C9H11BrF3N3O2/c1-18-8-15-6(10)5-16(8)7(17)14-4-2-3-9(11,12)13/h5H,2-4H2,1H3,(H,14,17). The highest BCUT2D eigenvalue weighted by molar-refractivity contribution is 9.10. The minimum absolute atomic E-state index is 0.0511. The Hall–Kier alpha value is -1.25. The van der Waals surface area contributed by atoms with Crippen molar-refractivity contribution in [3.63, 3.8) is 0 Å². The molecular weight excluding hydrogens is 319 g/mol. The van der Waals surface area contributed by atoms with Gasteiger partial charge in [0, 0.05) is 13.0 Å². The molecule has 1 aromatic rings. The predicted octanol–water partition coefficient (Wildman–Crippen LogP) is 2.55. The topological polar surface area (TPSA) is 56.2 Å². The van der Waals surface area contributed by atoms with Gasteiger partial charge in [0.05, 0.1) is 13.3 Å². The van der Waals surface area contributed by atoms with Crippen LogP contribution < -0.4 is 10.1 Å². The van der Waals surface area contributed by atoms with Crippen LogP contribution in [-0.2, 0) is 0 Å². The number of amides is 1. The normalized spacial score (nSPS) is 11.4. The first-order valence-electron chi connectivity index (χ1n) is 4.97. The molecule has 5 nitrogen and oxygen atoms in total. The number of nitrogens with one attached hydrogen (secondary N) is 1. The zero-order chi connectivity index (χ0) is 13.8. The summed E-state index contributed by atoms with van der Waals surface area (Å²) in [6.07, 6.45) is -3.95. The number of hydrogen-bond acceptors (Lipinski definition) is 3. The van der Waals surface area contributed by atoms with Gasteiger partial charge in [0.2, 0.25) is 0 Å². The lowest BCUT2D eigenvalue weighted by molar-refractivity contribution is -0.135. The van der Waals surface area contributed by atoms with Crippen molar-refractivity contribution in [2.24, 2.45) is 0 Å². The van der Waals surface area contributed by atoms with Crippen molar-refractivity contribution in [3.8, 4) is 6.01 Å². The summed E-state index contributed by atoms with van der Waals surface area (Å²) in [4.78, 5) is 15.4. The Bertz CT molecular complexity index is 420. The van der Waals surface area contributed by atoms with Crippen LogP contribution in [0.4, 0.5) is 18.0 Å². The van der Waals surface area contributed by atoms with Gasteiger partial charge in [0.1, 0.15) is 4.60 Å². The second-order valence-corrected chi connectivity index (χ2v) is 4.18. The SMILES string of the molecule is COc1nc(Br)cn1C(=O)NCCCC(F)(F)F. The number of ether oxygens (including phenoxy) is 1. The molecule has 0 aliphatic carbocycles. The summed E-state index contributed by atoms with van der Waals surface area (Å²) < 4.78 is 41.9. The third-order valence-electron chi connectivity index (χ3n) is 1.96. The maximum atomic E-state index is 11.9. The minimum Gasteiger partial charge on any atom is -0.468 e. The number of halogens is 4. The fraction of sp³-hybridized carbons (Fsp3) is 0.556. The lowest BCUT2D eigenvalue weighted by Crippen LogP contribution is -2.29. The zero-order valence-corrected chi connectivity index (χ0v) is 11.0. The zero-order valence-electron chi connectivity index (χ0n) is 9.42. The van der Waals surface area contributed by atoms with Crippen LogP contribution in [0.5, 0.6) is 6.01 Å². The highest BCUT2D eigenvalue weighted by Gasteiger charge is 2.26. The average molecular weight is 330 g/mol. The maximum Gasteiger partial charge on any atom is 0.389 e. The number of hydrogen-bond donors (Lipinski definition) is 1. The molecule has 1 heterocycles. The number of carbonyl (C=O) groups excluding carboxylic acids is 1. The molecule has 0 spiro atoms. The number of aromatic nitrogens is 2. The van der Waals surface area contributed by atoms with E-state index in [2.05, 4.69) is 26.2 Å². The van der Waals surface area contributed by atoms with E-state index < -0.39 is 18.6 Å². The first-order valence-corrected chi connectivity index (χ1v) is 5.76. The van der Waals surface area contributed by atoms with Crippen molar-refractivity contribution in [3.05, 3.63) is 10.8 Å². The smallest absolute Gasteiger partial charge is 0.389 e. The third kappa shape index (κ3) is 4.55. The molecule has 0 unspecified atom stereocenters. The Morgan fingerprint density at radius 2 is 2.28 bits per heavy atom. The summed E-state index contributed by atoms with van der Waals surface area (Å²) in [5, 5.41) is 2.34. The molecule has 0 saturated heterocycles. The van der Waals surface area contributed by atoms with Gasteiger partial charge in [-0.2, -0.15) is 18.2 Å². The van der Waals surface area contributed by atoms with Gasteiger partial charge >= 0.3 is 18.2 Å². The van der Waals surface area contributed by atoms with Gasteiger partial charge in [0.25, 0.3) is 0 Å². The number of methoxy groups -OCH3 is 1. The molecule has 0 aliphatic heterocycles. The molecule has 0 saturated carbocycles. The van der Waals surface area contributed by atoms with Crippen molar-refractivity contribution in [2.45, 2.75) is 19.0 Å². The molecule has 0 aliphatic rings. The van der Waals surface area contributed by atoms with Crippen LogP contribution >= 0.6 is 15.9 Å². The van der Waals surface area contributed by atoms with Gasteiger partial charge in [-0.15, -0.1) is 0 Å². The number of rotatable bonds is 4. The molecule has 0 aromatic carbocycles. The van der Waals surface area contributed by atoms with Gasteiger partial charge in [-0.25, -0.2) is 9.36 Å². The lowest BCUT2D eigenvalue weighted by atomic mass is 10.3. The first kappa shape index (κ1) is 14.8. The average Bonchev–Trinajstić information content (AvgIpc) is 2.64. The summed E-state index contributed by atoms with van der Waals surface area (Å²) in [6.45, 7) is -0.0721. The van der Waals surface area contributed by atoms with E-state index in [1.807, 2.05) is 0 Å². The van der Waals surface area contributed by atoms with E-state index in [1.54, 1.807) is 0 Å². The van der Waals surface area contributed by atoms with Crippen LogP contribution in [-0.4, -0.2) is 35.4 Å². The van der Waals surface area contributed by atoms with Gasteiger partial charge in [-0.05, 0) is 22.4 Å². The molecule has 1 rings (SSSR count). The summed E-state index contributed by atoms with van der Waals surface area (Å²) in [6, 6.07) is -0.539. The molecule has 18 heavy (non-hydrogen) atoms. The summed E-state index contributed by atoms with van der Waals surface area (Å²) in [5.41, 5.74) is 0. The number of alkyl halides is 3. The molecule has 0 radical (unpaired) electrons. The van der Waals surface area contributed by atoms with Crippen LogP contribution in [0.15, 0.2) is 10.8 Å². The van der Waals surface area contributed by atoms with E-state index in [9.17, 15) is 18.0 Å². The molecule has 102 valence electrons. The summed E-state index contributed by atoms with van der Waals surface area (Å²) in [7, 11) is 1.34. The van der Waals surface area contributed by atoms with E-state index in [4.69, 9.17) is 4.74 Å². The second-order valence-electron chi connectivity index (χ2n) is 3.37. The predicted molar refractivity (Wildman–Crippen MR) is 60.6 cm³/mol. The van der Waals surface area contributed by atoms with Crippen LogP contribution in [0.25, 0.3) is 0 Å². The minimum atomic E-state index is -4.21. The number of nitrogens with zero attached hydrogens (tertiary/aromatic N) is 2. The molecule has 1 N–H and O–H groups in total. The van der Waals surface area contributed by atoms with Gasteiger partial charge in [-0.1, -0.05) is 0 Å². The Morgan fingerprint density at radius 1 is 1.61 bits per heavy atom. The van der Waals surface area contributed by atoms with Crippen LogP contribution in [0.3, 0.4) is 0 Å². The van der Waals surface area contributed by atoms with Crippen molar-refractivity contribution in [1.82, 2.24) is 14.9 Å². The number of imidazole rings is 1. The van der Waals surface area contributed by atoms with Crippen molar-refractivity contribution < 1.29 is 22.7 Å². The highest BCUT2D eigenvalue weighted by Crippen LogP contribution is 2.20. The van der Waals surface area contributed by atoms with Crippen molar-refractivity contribution in [2.75, 3.05) is 13.7 Å². The Kier molecular flexibility index (Phi) is 5.00. The third-order valence-corrected chi connectivity index (χ3v) is 2.34. The Balaban J connectivity index is 2.45. The molecule has 1 aromatic heterocycles. The van der Waals surface area contributed by atoms with Gasteiger partial charge < -0.3 is 10.1 Å². The van der Waals surface area contributed by atoms with Gasteiger partial charge in [-0.3, -0.25) is 0 Å².